The van der Waals surface area contributed by atoms with Crippen LogP contribution in [0.1, 0.15) is 13.8 Å². The number of hydrogen-bond acceptors (Lipinski definition) is 4. The molecular formula is C9H18O5. The van der Waals surface area contributed by atoms with Crippen molar-refractivity contribution >= 4 is 5.97 Å². The van der Waals surface area contributed by atoms with E-state index in [4.69, 9.17) is 20.1 Å². The molecule has 0 aliphatic rings. The number of aliphatic hydroxyl groups excluding tert-OH is 2. The molecular weight excluding hydrogens is 188 g/mol. The van der Waals surface area contributed by atoms with Crippen molar-refractivity contribution < 1.29 is 24.9 Å². The van der Waals surface area contributed by atoms with Crippen LogP contribution in [-0.2, 0) is 9.53 Å². The molecule has 14 heavy (non-hydrogen) atoms. The summed E-state index contributed by atoms with van der Waals surface area (Å²) >= 11 is 0. The summed E-state index contributed by atoms with van der Waals surface area (Å²) in [4.78, 5) is 9.25. The Morgan fingerprint density at radius 3 is 1.79 bits per heavy atom. The van der Waals surface area contributed by atoms with Gasteiger partial charge in [-0.1, -0.05) is 6.58 Å². The number of rotatable bonds is 5. The van der Waals surface area contributed by atoms with Crippen LogP contribution in [0.15, 0.2) is 12.7 Å². The van der Waals surface area contributed by atoms with Crippen molar-refractivity contribution in [3.8, 4) is 0 Å². The van der Waals surface area contributed by atoms with Gasteiger partial charge < -0.3 is 20.1 Å². The molecule has 0 bridgehead atoms. The van der Waals surface area contributed by atoms with Gasteiger partial charge in [-0.25, -0.2) is 4.79 Å². The van der Waals surface area contributed by atoms with Crippen LogP contribution in [0.5, 0.6) is 0 Å². The molecule has 0 saturated carbocycles. The number of hydrogen-bond donors (Lipinski definition) is 3. The van der Waals surface area contributed by atoms with E-state index in [1.807, 2.05) is 0 Å². The summed E-state index contributed by atoms with van der Waals surface area (Å²) in [6.07, 6.45) is -0.0486. The molecule has 5 nitrogen and oxygen atoms in total. The fourth-order valence-electron chi connectivity index (χ4n) is 0.409. The number of carbonyl (C=O) groups is 1. The molecule has 0 radical (unpaired) electrons. The van der Waals surface area contributed by atoms with Gasteiger partial charge in [-0.3, -0.25) is 0 Å². The summed E-state index contributed by atoms with van der Waals surface area (Å²) in [7, 11) is 0. The van der Waals surface area contributed by atoms with Crippen LogP contribution in [0.4, 0.5) is 0 Å². The Labute approximate surface area is 83.6 Å². The van der Waals surface area contributed by atoms with Crippen molar-refractivity contribution in [2.75, 3.05) is 13.2 Å². The van der Waals surface area contributed by atoms with E-state index in [0.717, 1.165) is 6.08 Å². The summed E-state index contributed by atoms with van der Waals surface area (Å²) in [5.41, 5.74) is 0. The van der Waals surface area contributed by atoms with Crippen molar-refractivity contribution in [1.82, 2.24) is 0 Å². The van der Waals surface area contributed by atoms with Gasteiger partial charge in [-0.15, -0.1) is 0 Å². The average molecular weight is 206 g/mol. The van der Waals surface area contributed by atoms with E-state index in [0.29, 0.717) is 13.2 Å². The smallest absolute Gasteiger partial charge is 0.327 e. The Balaban J connectivity index is 0. The normalized spacial score (nSPS) is 13.4. The lowest BCUT2D eigenvalue weighted by molar-refractivity contribution is -0.131. The van der Waals surface area contributed by atoms with Crippen molar-refractivity contribution in [2.24, 2.45) is 0 Å². The highest BCUT2D eigenvalue weighted by Gasteiger charge is 1.97. The second-order valence-electron chi connectivity index (χ2n) is 2.78. The molecule has 2 atom stereocenters. The average Bonchev–Trinajstić information content (AvgIpc) is 2.04. The molecule has 0 amide bonds. The van der Waals surface area contributed by atoms with E-state index in [1.54, 1.807) is 13.8 Å². The number of ether oxygens (including phenoxy) is 1. The Morgan fingerprint density at radius 1 is 1.36 bits per heavy atom. The van der Waals surface area contributed by atoms with E-state index >= 15 is 0 Å². The molecule has 0 aromatic rings. The maximum Gasteiger partial charge on any atom is 0.327 e. The van der Waals surface area contributed by atoms with E-state index in [9.17, 15) is 4.79 Å². The topological polar surface area (TPSA) is 87.0 Å². The summed E-state index contributed by atoms with van der Waals surface area (Å²) < 4.78 is 4.86. The molecule has 0 aromatic heterocycles. The molecule has 0 aliphatic heterocycles. The van der Waals surface area contributed by atoms with Crippen LogP contribution in [-0.4, -0.2) is 46.7 Å². The predicted molar refractivity (Wildman–Crippen MR) is 52.0 cm³/mol. The summed E-state index contributed by atoms with van der Waals surface area (Å²) in [6.45, 7) is 6.84. The third-order valence-electron chi connectivity index (χ3n) is 0.893. The second-order valence-corrected chi connectivity index (χ2v) is 2.78. The fourth-order valence-corrected chi connectivity index (χ4v) is 0.409. The third kappa shape index (κ3) is 22.5. The highest BCUT2D eigenvalue weighted by Crippen LogP contribution is 1.85. The number of aliphatic carboxylic acids is 1. The highest BCUT2D eigenvalue weighted by atomic mass is 16.5. The lowest BCUT2D eigenvalue weighted by Gasteiger charge is -2.06. The van der Waals surface area contributed by atoms with Gasteiger partial charge in [0.15, 0.2) is 0 Å². The fraction of sp³-hybridized carbons (Fsp3) is 0.667. The maximum atomic E-state index is 9.25. The standard InChI is InChI=1S/C6H14O3.C3H4O2/c1-5(7)3-9-4-6(2)8;1-2-3(4)5/h5-8H,3-4H2,1-2H3;2H,1H2,(H,4,5). The van der Waals surface area contributed by atoms with Crippen LogP contribution in [0.25, 0.3) is 0 Å². The third-order valence-corrected chi connectivity index (χ3v) is 0.893. The Hall–Kier alpha value is -0.910. The Morgan fingerprint density at radius 2 is 1.64 bits per heavy atom. The molecule has 2 unspecified atom stereocenters. The zero-order valence-electron chi connectivity index (χ0n) is 8.51. The van der Waals surface area contributed by atoms with E-state index in [2.05, 4.69) is 6.58 Å². The lowest BCUT2D eigenvalue weighted by atomic mass is 10.4. The first-order valence-corrected chi connectivity index (χ1v) is 4.19. The molecule has 0 aliphatic carbocycles. The Bertz CT molecular complexity index is 145. The summed E-state index contributed by atoms with van der Waals surface area (Å²) in [5.74, 6) is -0.981. The quantitative estimate of drug-likeness (QED) is 0.552. The van der Waals surface area contributed by atoms with Gasteiger partial charge in [0.2, 0.25) is 0 Å². The monoisotopic (exact) mass is 206 g/mol. The maximum absolute atomic E-state index is 9.25. The van der Waals surface area contributed by atoms with Crippen molar-refractivity contribution in [3.63, 3.8) is 0 Å². The van der Waals surface area contributed by atoms with Gasteiger partial charge in [-0.05, 0) is 13.8 Å². The minimum Gasteiger partial charge on any atom is -0.478 e. The molecule has 0 aromatic carbocycles. The number of carboxylic acids is 1. The van der Waals surface area contributed by atoms with Gasteiger partial charge in [-0.2, -0.15) is 0 Å². The molecule has 84 valence electrons. The minimum absolute atomic E-state index is 0.297. The van der Waals surface area contributed by atoms with Gasteiger partial charge in [0.1, 0.15) is 0 Å². The van der Waals surface area contributed by atoms with E-state index in [-0.39, 0.29) is 0 Å². The molecule has 0 fully saturated rings. The first-order valence-electron chi connectivity index (χ1n) is 4.19. The molecule has 0 heterocycles. The summed E-state index contributed by atoms with van der Waals surface area (Å²) in [6, 6.07) is 0. The first kappa shape index (κ1) is 15.6. The van der Waals surface area contributed by atoms with Crippen LogP contribution in [0.3, 0.4) is 0 Å². The first-order chi connectivity index (χ1) is 6.40. The summed E-state index contributed by atoms with van der Waals surface area (Å²) in [5, 5.41) is 24.9. The van der Waals surface area contributed by atoms with Crippen molar-refractivity contribution in [3.05, 3.63) is 12.7 Å². The Kier molecular flexibility index (Phi) is 11.3. The largest absolute Gasteiger partial charge is 0.478 e. The molecule has 5 heteroatoms. The van der Waals surface area contributed by atoms with Gasteiger partial charge >= 0.3 is 5.97 Å². The van der Waals surface area contributed by atoms with Crippen molar-refractivity contribution in [1.29, 1.82) is 0 Å². The van der Waals surface area contributed by atoms with Crippen LogP contribution >= 0.6 is 0 Å². The SMILES string of the molecule is C=CC(=O)O.CC(O)COCC(C)O. The zero-order valence-corrected chi connectivity index (χ0v) is 8.51. The second kappa shape index (κ2) is 10.2. The molecule has 0 spiro atoms. The van der Waals surface area contributed by atoms with Gasteiger partial charge in [0.05, 0.1) is 25.4 Å². The lowest BCUT2D eigenvalue weighted by Crippen LogP contribution is -2.16. The van der Waals surface area contributed by atoms with Crippen LogP contribution < -0.4 is 0 Å². The van der Waals surface area contributed by atoms with Gasteiger partial charge in [0.25, 0.3) is 0 Å². The molecule has 3 N–H and O–H groups in total. The zero-order chi connectivity index (χ0) is 11.6. The van der Waals surface area contributed by atoms with Crippen LogP contribution in [0, 0.1) is 0 Å². The number of carboxylic acid groups (broad SMARTS) is 1. The molecule has 0 saturated heterocycles. The van der Waals surface area contributed by atoms with Gasteiger partial charge in [0, 0.05) is 6.08 Å². The number of aliphatic hydroxyl groups is 2. The van der Waals surface area contributed by atoms with Crippen LogP contribution in [0.2, 0.25) is 0 Å². The van der Waals surface area contributed by atoms with E-state index in [1.165, 1.54) is 0 Å². The minimum atomic E-state index is -0.981. The van der Waals surface area contributed by atoms with Crippen molar-refractivity contribution in [2.45, 2.75) is 26.1 Å². The predicted octanol–water partition coefficient (Wildman–Crippen LogP) is 0.0216. The highest BCUT2D eigenvalue weighted by molar-refractivity contribution is 5.78. The van der Waals surface area contributed by atoms with E-state index < -0.39 is 18.2 Å². The molecule has 0 rings (SSSR count).